The van der Waals surface area contributed by atoms with Gasteiger partial charge in [0.1, 0.15) is 0 Å². The number of nitrogens with zero attached hydrogens (tertiary/aromatic N) is 4. The summed E-state index contributed by atoms with van der Waals surface area (Å²) < 4.78 is 2.16. The fourth-order valence-corrected chi connectivity index (χ4v) is 2.76. The van der Waals surface area contributed by atoms with E-state index in [1.165, 1.54) is 5.69 Å². The minimum absolute atomic E-state index is 0.427. The summed E-state index contributed by atoms with van der Waals surface area (Å²) in [5.41, 5.74) is 2.49. The number of aromatic nitrogens is 2. The molecule has 5 heteroatoms. The summed E-state index contributed by atoms with van der Waals surface area (Å²) in [6.45, 7) is 7.65. The average Bonchev–Trinajstić information content (AvgIpc) is 2.68. The lowest BCUT2D eigenvalue weighted by Gasteiger charge is -2.38. The van der Waals surface area contributed by atoms with Crippen LogP contribution in [0.15, 0.2) is 6.33 Å². The molecule has 1 aliphatic heterocycles. The molecule has 0 radical (unpaired) electrons. The Balaban J connectivity index is 2.18. The summed E-state index contributed by atoms with van der Waals surface area (Å²) in [5, 5.41) is 3.32. The minimum atomic E-state index is 0.427. The van der Waals surface area contributed by atoms with Crippen LogP contribution in [0.2, 0.25) is 0 Å². The summed E-state index contributed by atoms with van der Waals surface area (Å²) in [6, 6.07) is 0.427. The number of rotatable bonds is 4. The molecule has 0 aliphatic carbocycles. The molecule has 1 saturated heterocycles. The van der Waals surface area contributed by atoms with Crippen LogP contribution < -0.4 is 5.32 Å². The van der Waals surface area contributed by atoms with Crippen LogP contribution in [-0.4, -0.2) is 66.2 Å². The molecule has 1 N–H and O–H groups in total. The predicted molar refractivity (Wildman–Crippen MR) is 73.7 cm³/mol. The molecule has 1 aromatic heterocycles. The zero-order valence-electron chi connectivity index (χ0n) is 12.0. The van der Waals surface area contributed by atoms with Gasteiger partial charge in [0.2, 0.25) is 0 Å². The van der Waals surface area contributed by atoms with Crippen LogP contribution in [0.3, 0.4) is 0 Å². The van der Waals surface area contributed by atoms with Gasteiger partial charge in [-0.2, -0.15) is 0 Å². The van der Waals surface area contributed by atoms with Gasteiger partial charge in [-0.15, -0.1) is 0 Å². The molecule has 102 valence electrons. The molecule has 1 fully saturated rings. The Labute approximate surface area is 110 Å². The summed E-state index contributed by atoms with van der Waals surface area (Å²) in [4.78, 5) is 9.39. The number of hydrogen-bond acceptors (Lipinski definition) is 4. The Morgan fingerprint density at radius 3 is 2.44 bits per heavy atom. The van der Waals surface area contributed by atoms with Crippen LogP contribution in [0.4, 0.5) is 0 Å². The van der Waals surface area contributed by atoms with Gasteiger partial charge in [-0.25, -0.2) is 4.98 Å². The molecule has 0 saturated carbocycles. The molecule has 5 nitrogen and oxygen atoms in total. The third-order valence-corrected chi connectivity index (χ3v) is 3.87. The molecule has 1 aromatic rings. The van der Waals surface area contributed by atoms with E-state index in [1.54, 1.807) is 0 Å². The Bertz CT molecular complexity index is 359. The van der Waals surface area contributed by atoms with Gasteiger partial charge in [0.25, 0.3) is 0 Å². The first kappa shape index (κ1) is 13.5. The quantitative estimate of drug-likeness (QED) is 0.831. The van der Waals surface area contributed by atoms with Gasteiger partial charge in [0.15, 0.2) is 0 Å². The molecular weight excluding hydrogens is 226 g/mol. The smallest absolute Gasteiger partial charge is 0.0949 e. The zero-order chi connectivity index (χ0) is 13.1. The molecule has 1 unspecified atom stereocenters. The van der Waals surface area contributed by atoms with E-state index in [0.717, 1.165) is 38.4 Å². The summed E-state index contributed by atoms with van der Waals surface area (Å²) >= 11 is 0. The Kier molecular flexibility index (Phi) is 4.37. The van der Waals surface area contributed by atoms with Crippen molar-refractivity contribution in [1.29, 1.82) is 0 Å². The van der Waals surface area contributed by atoms with E-state index in [1.807, 2.05) is 13.4 Å². The molecule has 1 atom stereocenters. The normalized spacial score (nSPS) is 20.2. The summed E-state index contributed by atoms with van der Waals surface area (Å²) in [7, 11) is 6.31. The first-order valence-corrected chi connectivity index (χ1v) is 6.68. The molecule has 0 amide bonds. The number of imidazole rings is 1. The van der Waals surface area contributed by atoms with Gasteiger partial charge in [0, 0.05) is 39.8 Å². The maximum atomic E-state index is 4.43. The minimum Gasteiger partial charge on any atom is -0.336 e. The van der Waals surface area contributed by atoms with Crippen LogP contribution >= 0.6 is 0 Å². The third kappa shape index (κ3) is 2.74. The monoisotopic (exact) mass is 251 g/mol. The number of aryl methyl sites for hydroxylation is 2. The van der Waals surface area contributed by atoms with Gasteiger partial charge in [-0.05, 0) is 21.0 Å². The van der Waals surface area contributed by atoms with E-state index in [0.29, 0.717) is 6.04 Å². The van der Waals surface area contributed by atoms with Gasteiger partial charge in [0.05, 0.1) is 23.8 Å². The standard InChI is InChI=1S/C13H25N5/c1-11-13(17(4)10-15-11)12(9-14-2)18-7-5-16(3)6-8-18/h10,12,14H,5-9H2,1-4H3. The van der Waals surface area contributed by atoms with Crippen LogP contribution in [0.5, 0.6) is 0 Å². The Hall–Kier alpha value is -0.910. The first-order valence-electron chi connectivity index (χ1n) is 6.68. The van der Waals surface area contributed by atoms with E-state index in [-0.39, 0.29) is 0 Å². The van der Waals surface area contributed by atoms with E-state index >= 15 is 0 Å². The SMILES string of the molecule is CNCC(c1c(C)ncn1C)N1CCN(C)CC1. The molecule has 0 bridgehead atoms. The maximum Gasteiger partial charge on any atom is 0.0949 e. The van der Waals surface area contributed by atoms with Gasteiger partial charge >= 0.3 is 0 Å². The molecule has 1 aliphatic rings. The van der Waals surface area contributed by atoms with Crippen LogP contribution in [0.25, 0.3) is 0 Å². The lowest BCUT2D eigenvalue weighted by Crippen LogP contribution is -2.48. The van der Waals surface area contributed by atoms with Crippen molar-refractivity contribution in [2.45, 2.75) is 13.0 Å². The van der Waals surface area contributed by atoms with Crippen molar-refractivity contribution in [3.63, 3.8) is 0 Å². The van der Waals surface area contributed by atoms with Crippen molar-refractivity contribution >= 4 is 0 Å². The van der Waals surface area contributed by atoms with Crippen LogP contribution in [0, 0.1) is 6.92 Å². The number of hydrogen-bond donors (Lipinski definition) is 1. The van der Waals surface area contributed by atoms with Crippen molar-refractivity contribution in [1.82, 2.24) is 24.7 Å². The van der Waals surface area contributed by atoms with E-state index < -0.39 is 0 Å². The predicted octanol–water partition coefficient (Wildman–Crippen LogP) is 0.236. The number of likely N-dealkylation sites (N-methyl/N-ethyl adjacent to an activating group) is 2. The Morgan fingerprint density at radius 2 is 1.94 bits per heavy atom. The highest BCUT2D eigenvalue weighted by molar-refractivity contribution is 5.17. The lowest BCUT2D eigenvalue weighted by molar-refractivity contribution is 0.107. The highest BCUT2D eigenvalue weighted by atomic mass is 15.3. The summed E-state index contributed by atoms with van der Waals surface area (Å²) in [6.07, 6.45) is 1.92. The highest BCUT2D eigenvalue weighted by Gasteiger charge is 2.26. The van der Waals surface area contributed by atoms with Gasteiger partial charge in [-0.1, -0.05) is 0 Å². The first-order chi connectivity index (χ1) is 8.63. The number of nitrogens with one attached hydrogen (secondary N) is 1. The van der Waals surface area contributed by atoms with Crippen LogP contribution in [-0.2, 0) is 7.05 Å². The highest BCUT2D eigenvalue weighted by Crippen LogP contribution is 2.23. The van der Waals surface area contributed by atoms with Crippen molar-refractivity contribution in [2.75, 3.05) is 46.8 Å². The van der Waals surface area contributed by atoms with Gasteiger partial charge < -0.3 is 14.8 Å². The average molecular weight is 251 g/mol. The largest absolute Gasteiger partial charge is 0.336 e. The molecule has 0 aromatic carbocycles. The number of piperazine rings is 1. The maximum absolute atomic E-state index is 4.43. The van der Waals surface area contributed by atoms with Crippen molar-refractivity contribution < 1.29 is 0 Å². The van der Waals surface area contributed by atoms with E-state index in [9.17, 15) is 0 Å². The fraction of sp³-hybridized carbons (Fsp3) is 0.769. The molecule has 18 heavy (non-hydrogen) atoms. The van der Waals surface area contributed by atoms with E-state index in [4.69, 9.17) is 0 Å². The lowest BCUT2D eigenvalue weighted by atomic mass is 10.1. The second-order valence-corrected chi connectivity index (χ2v) is 5.24. The van der Waals surface area contributed by atoms with Crippen molar-refractivity contribution in [3.8, 4) is 0 Å². The van der Waals surface area contributed by atoms with Gasteiger partial charge in [-0.3, -0.25) is 4.90 Å². The summed E-state index contributed by atoms with van der Waals surface area (Å²) in [5.74, 6) is 0. The molecule has 2 heterocycles. The molecule has 2 rings (SSSR count). The second-order valence-electron chi connectivity index (χ2n) is 5.24. The van der Waals surface area contributed by atoms with Crippen LogP contribution in [0.1, 0.15) is 17.4 Å². The van der Waals surface area contributed by atoms with Crippen molar-refractivity contribution in [2.24, 2.45) is 7.05 Å². The second kappa shape index (κ2) is 5.82. The molecular formula is C13H25N5. The zero-order valence-corrected chi connectivity index (χ0v) is 12.0. The molecule has 0 spiro atoms. The fourth-order valence-electron chi connectivity index (χ4n) is 2.76. The van der Waals surface area contributed by atoms with E-state index in [2.05, 4.69) is 45.7 Å². The van der Waals surface area contributed by atoms with Crippen molar-refractivity contribution in [3.05, 3.63) is 17.7 Å². The third-order valence-electron chi connectivity index (χ3n) is 3.87. The topological polar surface area (TPSA) is 36.3 Å². The Morgan fingerprint density at radius 1 is 1.28 bits per heavy atom.